The molecule has 2 N–H and O–H groups in total. The third-order valence-corrected chi connectivity index (χ3v) is 4.58. The second kappa shape index (κ2) is 7.51. The third kappa shape index (κ3) is 4.26. The molecule has 1 aliphatic heterocycles. The summed E-state index contributed by atoms with van der Waals surface area (Å²) in [7, 11) is 0. The number of H-pyrrole nitrogens is 1. The van der Waals surface area contributed by atoms with Crippen LogP contribution in [-0.4, -0.2) is 29.0 Å². The van der Waals surface area contributed by atoms with E-state index >= 15 is 0 Å². The zero-order chi connectivity index (χ0) is 17.8. The average Bonchev–Trinajstić information content (AvgIpc) is 2.60. The van der Waals surface area contributed by atoms with E-state index in [2.05, 4.69) is 39.2 Å². The molecule has 1 saturated heterocycles. The van der Waals surface area contributed by atoms with Gasteiger partial charge in [-0.1, -0.05) is 19.1 Å². The number of aromatic amines is 1. The summed E-state index contributed by atoms with van der Waals surface area (Å²) in [5.41, 5.74) is 1.84. The summed E-state index contributed by atoms with van der Waals surface area (Å²) in [4.78, 5) is 32.8. The molecule has 1 amide bonds. The number of hydrogen-bond donors (Lipinski definition) is 2. The molecule has 25 heavy (non-hydrogen) atoms. The van der Waals surface area contributed by atoms with E-state index in [-0.39, 0.29) is 5.56 Å². The highest BCUT2D eigenvalue weighted by Crippen LogP contribution is 2.23. The quantitative estimate of drug-likeness (QED) is 0.895. The number of nitrogens with zero attached hydrogens (tertiary/aromatic N) is 2. The molecule has 1 unspecified atom stereocenters. The predicted octanol–water partition coefficient (Wildman–Crippen LogP) is 2.24. The summed E-state index contributed by atoms with van der Waals surface area (Å²) < 4.78 is 0. The van der Waals surface area contributed by atoms with Crippen LogP contribution < -0.4 is 15.8 Å². The summed E-state index contributed by atoms with van der Waals surface area (Å²) in [6.45, 7) is 6.54. The molecule has 0 bridgehead atoms. The predicted molar refractivity (Wildman–Crippen MR) is 97.8 cm³/mol. The van der Waals surface area contributed by atoms with Gasteiger partial charge in [-0.25, -0.2) is 4.98 Å². The van der Waals surface area contributed by atoms with Crippen molar-refractivity contribution in [3.05, 3.63) is 57.8 Å². The van der Waals surface area contributed by atoms with Crippen LogP contribution in [0.3, 0.4) is 0 Å². The molecule has 3 rings (SSSR count). The van der Waals surface area contributed by atoms with Gasteiger partial charge in [0.1, 0.15) is 11.4 Å². The second-order valence-electron chi connectivity index (χ2n) is 6.75. The van der Waals surface area contributed by atoms with Crippen molar-refractivity contribution < 1.29 is 4.79 Å². The SMILES string of the molecule is Cc1ncc(C(=O)NCc2ccc(N3CCCC(C)C3)cc2)c(=O)[nH]1. The Morgan fingerprint density at radius 3 is 2.80 bits per heavy atom. The van der Waals surface area contributed by atoms with Gasteiger partial charge in [-0.3, -0.25) is 9.59 Å². The highest BCUT2D eigenvalue weighted by molar-refractivity contribution is 5.93. The molecule has 1 fully saturated rings. The van der Waals surface area contributed by atoms with Crippen LogP contribution in [0.4, 0.5) is 5.69 Å². The lowest BCUT2D eigenvalue weighted by atomic mass is 9.99. The zero-order valence-electron chi connectivity index (χ0n) is 14.7. The highest BCUT2D eigenvalue weighted by atomic mass is 16.2. The Bertz CT molecular complexity index is 798. The van der Waals surface area contributed by atoms with E-state index in [9.17, 15) is 9.59 Å². The lowest BCUT2D eigenvalue weighted by molar-refractivity contribution is 0.0949. The van der Waals surface area contributed by atoms with Crippen LogP contribution in [0.15, 0.2) is 35.3 Å². The molecule has 0 spiro atoms. The fraction of sp³-hybridized carbons (Fsp3) is 0.421. The van der Waals surface area contributed by atoms with E-state index in [4.69, 9.17) is 0 Å². The van der Waals surface area contributed by atoms with Crippen LogP contribution in [0.25, 0.3) is 0 Å². The van der Waals surface area contributed by atoms with Crippen LogP contribution in [0, 0.1) is 12.8 Å². The van der Waals surface area contributed by atoms with Crippen LogP contribution >= 0.6 is 0 Å². The van der Waals surface area contributed by atoms with Crippen molar-refractivity contribution in [3.63, 3.8) is 0 Å². The summed E-state index contributed by atoms with van der Waals surface area (Å²) in [6, 6.07) is 8.23. The molecule has 0 radical (unpaired) electrons. The van der Waals surface area contributed by atoms with E-state index < -0.39 is 11.5 Å². The largest absolute Gasteiger partial charge is 0.371 e. The Balaban J connectivity index is 1.60. The number of anilines is 1. The molecule has 0 saturated carbocycles. The smallest absolute Gasteiger partial charge is 0.263 e. The normalized spacial score (nSPS) is 17.4. The number of carbonyl (C=O) groups excluding carboxylic acids is 1. The number of rotatable bonds is 4. The van der Waals surface area contributed by atoms with Crippen molar-refractivity contribution in [2.45, 2.75) is 33.2 Å². The number of piperidine rings is 1. The Kier molecular flexibility index (Phi) is 5.16. The Morgan fingerprint density at radius 2 is 2.12 bits per heavy atom. The fourth-order valence-corrected chi connectivity index (χ4v) is 3.17. The van der Waals surface area contributed by atoms with Gasteiger partial charge in [0.2, 0.25) is 0 Å². The first-order chi connectivity index (χ1) is 12.0. The van der Waals surface area contributed by atoms with Crippen molar-refractivity contribution >= 4 is 11.6 Å². The summed E-state index contributed by atoms with van der Waals surface area (Å²) in [5.74, 6) is 0.806. The van der Waals surface area contributed by atoms with Crippen molar-refractivity contribution in [1.29, 1.82) is 0 Å². The van der Waals surface area contributed by atoms with Crippen molar-refractivity contribution in [3.8, 4) is 0 Å². The molecule has 1 aliphatic rings. The molecular formula is C19H24N4O2. The van der Waals surface area contributed by atoms with Gasteiger partial charge in [-0.2, -0.15) is 0 Å². The Labute approximate surface area is 147 Å². The molecular weight excluding hydrogens is 316 g/mol. The van der Waals surface area contributed by atoms with E-state index in [0.717, 1.165) is 24.6 Å². The maximum Gasteiger partial charge on any atom is 0.263 e. The maximum absolute atomic E-state index is 12.1. The molecule has 132 valence electrons. The number of amides is 1. The van der Waals surface area contributed by atoms with Gasteiger partial charge < -0.3 is 15.2 Å². The number of hydrogen-bond acceptors (Lipinski definition) is 4. The van der Waals surface area contributed by atoms with Crippen molar-refractivity contribution in [1.82, 2.24) is 15.3 Å². The molecule has 2 heterocycles. The molecule has 2 aromatic rings. The third-order valence-electron chi connectivity index (χ3n) is 4.58. The number of aryl methyl sites for hydroxylation is 1. The van der Waals surface area contributed by atoms with Crippen molar-refractivity contribution in [2.75, 3.05) is 18.0 Å². The lowest BCUT2D eigenvalue weighted by Gasteiger charge is -2.32. The van der Waals surface area contributed by atoms with E-state index in [1.54, 1.807) is 6.92 Å². The molecule has 1 aromatic carbocycles. The first kappa shape index (κ1) is 17.2. The van der Waals surface area contributed by atoms with Gasteiger partial charge in [0, 0.05) is 31.5 Å². The minimum absolute atomic E-state index is 0.0320. The highest BCUT2D eigenvalue weighted by Gasteiger charge is 2.16. The molecule has 1 aromatic heterocycles. The molecule has 1 atom stereocenters. The number of carbonyl (C=O) groups is 1. The van der Waals surface area contributed by atoms with Crippen molar-refractivity contribution in [2.24, 2.45) is 5.92 Å². The van der Waals surface area contributed by atoms with Gasteiger partial charge >= 0.3 is 0 Å². The van der Waals surface area contributed by atoms with Gasteiger partial charge in [-0.05, 0) is 43.4 Å². The van der Waals surface area contributed by atoms with Gasteiger partial charge in [-0.15, -0.1) is 0 Å². The van der Waals surface area contributed by atoms with Crippen LogP contribution in [0.2, 0.25) is 0 Å². The fourth-order valence-electron chi connectivity index (χ4n) is 3.17. The molecule has 6 nitrogen and oxygen atoms in total. The topological polar surface area (TPSA) is 78.1 Å². The summed E-state index contributed by atoms with van der Waals surface area (Å²) >= 11 is 0. The first-order valence-corrected chi connectivity index (χ1v) is 8.71. The van der Waals surface area contributed by atoms with Gasteiger partial charge in [0.05, 0.1) is 0 Å². The minimum atomic E-state index is -0.417. The van der Waals surface area contributed by atoms with E-state index in [0.29, 0.717) is 12.4 Å². The Hall–Kier alpha value is -2.63. The number of nitrogens with one attached hydrogen (secondary N) is 2. The summed E-state index contributed by atoms with van der Waals surface area (Å²) in [6.07, 6.45) is 3.84. The lowest BCUT2D eigenvalue weighted by Crippen LogP contribution is -2.34. The zero-order valence-corrected chi connectivity index (χ0v) is 14.7. The van der Waals surface area contributed by atoms with E-state index in [1.165, 1.54) is 24.7 Å². The minimum Gasteiger partial charge on any atom is -0.371 e. The summed E-state index contributed by atoms with van der Waals surface area (Å²) in [5, 5.41) is 2.77. The van der Waals surface area contributed by atoms with Crippen LogP contribution in [0.5, 0.6) is 0 Å². The van der Waals surface area contributed by atoms with Crippen LogP contribution in [0.1, 0.15) is 41.5 Å². The van der Waals surface area contributed by atoms with E-state index in [1.807, 2.05) is 12.1 Å². The number of aromatic nitrogens is 2. The van der Waals surface area contributed by atoms with Gasteiger partial charge in [0.25, 0.3) is 11.5 Å². The Morgan fingerprint density at radius 1 is 1.36 bits per heavy atom. The maximum atomic E-state index is 12.1. The standard InChI is InChI=1S/C19H24N4O2/c1-13-4-3-9-23(12-13)16-7-5-15(6-8-16)10-21-18(24)17-11-20-14(2)22-19(17)25/h5-8,11,13H,3-4,9-10,12H2,1-2H3,(H,21,24)(H,20,22,25). The first-order valence-electron chi connectivity index (χ1n) is 8.71. The molecule has 0 aliphatic carbocycles. The molecule has 6 heteroatoms. The number of benzene rings is 1. The van der Waals surface area contributed by atoms with Crippen LogP contribution in [-0.2, 0) is 6.54 Å². The second-order valence-corrected chi connectivity index (χ2v) is 6.75. The monoisotopic (exact) mass is 340 g/mol. The average molecular weight is 340 g/mol. The van der Waals surface area contributed by atoms with Gasteiger partial charge in [0.15, 0.2) is 0 Å².